The van der Waals surface area contributed by atoms with E-state index in [0.29, 0.717) is 16.9 Å². The van der Waals surface area contributed by atoms with Crippen LogP contribution in [-0.2, 0) is 9.84 Å². The minimum atomic E-state index is -3.29. The molecule has 3 rings (SSSR count). The quantitative estimate of drug-likeness (QED) is 0.729. The molecule has 92 valence electrons. The van der Waals surface area contributed by atoms with Gasteiger partial charge >= 0.3 is 0 Å². The maximum atomic E-state index is 11.7. The fraction of sp³-hybridized carbons (Fsp3) is 0.0909. The second-order valence-corrected chi connectivity index (χ2v) is 5.98. The van der Waals surface area contributed by atoms with Gasteiger partial charge in [0.25, 0.3) is 0 Å². The molecule has 0 fully saturated rings. The number of para-hydroxylation sites is 1. The van der Waals surface area contributed by atoms with Crippen LogP contribution in [0.2, 0.25) is 0 Å². The summed E-state index contributed by atoms with van der Waals surface area (Å²) in [6, 6.07) is 5.04. The van der Waals surface area contributed by atoms with Gasteiger partial charge in [0, 0.05) is 12.5 Å². The van der Waals surface area contributed by atoms with E-state index in [1.54, 1.807) is 30.6 Å². The zero-order chi connectivity index (χ0) is 12.8. The van der Waals surface area contributed by atoms with Crippen molar-refractivity contribution < 1.29 is 8.42 Å². The molecule has 0 saturated heterocycles. The number of sulfone groups is 1. The Morgan fingerprint density at radius 2 is 2.11 bits per heavy atom. The van der Waals surface area contributed by atoms with E-state index in [0.717, 1.165) is 5.56 Å². The highest BCUT2D eigenvalue weighted by Gasteiger charge is 2.15. The molecule has 0 spiro atoms. The number of imidazole rings is 1. The molecule has 7 heteroatoms. The van der Waals surface area contributed by atoms with Crippen LogP contribution in [0.5, 0.6) is 0 Å². The van der Waals surface area contributed by atoms with Crippen LogP contribution in [0, 0.1) is 0 Å². The highest BCUT2D eigenvalue weighted by atomic mass is 32.2. The van der Waals surface area contributed by atoms with Crippen LogP contribution in [0.3, 0.4) is 0 Å². The van der Waals surface area contributed by atoms with Gasteiger partial charge < -0.3 is 4.98 Å². The Balaban J connectivity index is 2.31. The molecule has 0 unspecified atom stereocenters. The maximum Gasteiger partial charge on any atom is 0.177 e. The van der Waals surface area contributed by atoms with Crippen LogP contribution in [0.4, 0.5) is 0 Å². The number of hydrogen-bond acceptors (Lipinski definition) is 4. The summed E-state index contributed by atoms with van der Waals surface area (Å²) >= 11 is 0. The second kappa shape index (κ2) is 3.67. The van der Waals surface area contributed by atoms with Crippen molar-refractivity contribution >= 4 is 20.9 Å². The largest absolute Gasteiger partial charge is 0.338 e. The van der Waals surface area contributed by atoms with E-state index in [9.17, 15) is 8.42 Å². The zero-order valence-corrected chi connectivity index (χ0v) is 10.3. The fourth-order valence-corrected chi connectivity index (χ4v) is 2.65. The van der Waals surface area contributed by atoms with Crippen LogP contribution in [0.1, 0.15) is 0 Å². The number of aromatic amines is 2. The molecule has 0 aliphatic heterocycles. The Bertz CT molecular complexity index is 803. The van der Waals surface area contributed by atoms with Gasteiger partial charge in [-0.3, -0.25) is 5.10 Å². The zero-order valence-electron chi connectivity index (χ0n) is 9.51. The lowest BCUT2D eigenvalue weighted by Crippen LogP contribution is -1.97. The van der Waals surface area contributed by atoms with Crippen LogP contribution < -0.4 is 0 Å². The van der Waals surface area contributed by atoms with Crippen molar-refractivity contribution in [1.29, 1.82) is 0 Å². The van der Waals surface area contributed by atoms with Gasteiger partial charge in [-0.1, -0.05) is 6.07 Å². The van der Waals surface area contributed by atoms with E-state index in [2.05, 4.69) is 20.2 Å². The Morgan fingerprint density at radius 3 is 2.78 bits per heavy atom. The lowest BCUT2D eigenvalue weighted by molar-refractivity contribution is 0.602. The molecule has 2 heterocycles. The number of hydrogen-bond donors (Lipinski definition) is 2. The Labute approximate surface area is 103 Å². The predicted molar refractivity (Wildman–Crippen MR) is 66.8 cm³/mol. The summed E-state index contributed by atoms with van der Waals surface area (Å²) in [4.78, 5) is 7.63. The first-order chi connectivity index (χ1) is 8.55. The van der Waals surface area contributed by atoms with Crippen molar-refractivity contribution in [3.63, 3.8) is 0 Å². The van der Waals surface area contributed by atoms with Gasteiger partial charge in [-0.05, 0) is 12.1 Å². The van der Waals surface area contributed by atoms with Crippen molar-refractivity contribution in [1.82, 2.24) is 20.2 Å². The molecule has 0 atom stereocenters. The third-order valence-corrected chi connectivity index (χ3v) is 3.78. The molecule has 0 amide bonds. The van der Waals surface area contributed by atoms with Crippen molar-refractivity contribution in [2.45, 2.75) is 4.90 Å². The van der Waals surface area contributed by atoms with E-state index < -0.39 is 9.84 Å². The summed E-state index contributed by atoms with van der Waals surface area (Å²) in [5.41, 5.74) is 1.93. The van der Waals surface area contributed by atoms with Gasteiger partial charge in [0.15, 0.2) is 9.84 Å². The minimum absolute atomic E-state index is 0.228. The van der Waals surface area contributed by atoms with Crippen molar-refractivity contribution in [3.8, 4) is 11.4 Å². The minimum Gasteiger partial charge on any atom is -0.338 e. The number of aromatic nitrogens is 4. The molecule has 0 aliphatic carbocycles. The molecule has 18 heavy (non-hydrogen) atoms. The maximum absolute atomic E-state index is 11.7. The van der Waals surface area contributed by atoms with Crippen LogP contribution in [0.25, 0.3) is 22.4 Å². The Morgan fingerprint density at radius 1 is 1.28 bits per heavy atom. The summed E-state index contributed by atoms with van der Waals surface area (Å²) in [5.74, 6) is 0.592. The summed E-state index contributed by atoms with van der Waals surface area (Å²) in [6.07, 6.45) is 4.49. The molecular formula is C11H10N4O2S. The molecule has 0 radical (unpaired) electrons. The molecule has 3 aromatic rings. The van der Waals surface area contributed by atoms with E-state index in [1.165, 1.54) is 6.26 Å². The first kappa shape index (κ1) is 11.0. The first-order valence-electron chi connectivity index (χ1n) is 5.23. The average Bonchev–Trinajstić information content (AvgIpc) is 2.95. The van der Waals surface area contributed by atoms with E-state index in [4.69, 9.17) is 0 Å². The summed E-state index contributed by atoms with van der Waals surface area (Å²) in [5, 5.41) is 6.53. The molecule has 2 N–H and O–H groups in total. The number of nitrogens with zero attached hydrogens (tertiary/aromatic N) is 2. The fourth-order valence-electron chi connectivity index (χ4n) is 1.82. The highest BCUT2D eigenvalue weighted by molar-refractivity contribution is 7.91. The molecule has 0 aliphatic rings. The number of rotatable bonds is 2. The number of H-pyrrole nitrogens is 2. The molecule has 2 aromatic heterocycles. The first-order valence-corrected chi connectivity index (χ1v) is 7.13. The topological polar surface area (TPSA) is 91.5 Å². The molecular weight excluding hydrogens is 252 g/mol. The van der Waals surface area contributed by atoms with Crippen LogP contribution in [0.15, 0.2) is 35.5 Å². The number of benzene rings is 1. The SMILES string of the molecule is CS(=O)(=O)c1cccc2[nH]c(-c3cn[nH]c3)nc12. The monoisotopic (exact) mass is 262 g/mol. The molecule has 0 bridgehead atoms. The van der Waals surface area contributed by atoms with E-state index in [1.807, 2.05) is 0 Å². The van der Waals surface area contributed by atoms with Gasteiger partial charge in [-0.15, -0.1) is 0 Å². The number of nitrogens with one attached hydrogen (secondary N) is 2. The van der Waals surface area contributed by atoms with Crippen molar-refractivity contribution in [2.75, 3.05) is 6.26 Å². The third-order valence-electron chi connectivity index (χ3n) is 2.65. The third kappa shape index (κ3) is 1.68. The smallest absolute Gasteiger partial charge is 0.177 e. The predicted octanol–water partition coefficient (Wildman–Crippen LogP) is 1.36. The van der Waals surface area contributed by atoms with Gasteiger partial charge in [-0.25, -0.2) is 13.4 Å². The van der Waals surface area contributed by atoms with Crippen molar-refractivity contribution in [2.24, 2.45) is 0 Å². The lowest BCUT2D eigenvalue weighted by Gasteiger charge is -1.97. The molecule has 1 aromatic carbocycles. The highest BCUT2D eigenvalue weighted by Crippen LogP contribution is 2.24. The number of fused-ring (bicyclic) bond motifs is 1. The second-order valence-electron chi connectivity index (χ2n) is 4.00. The summed E-state index contributed by atoms with van der Waals surface area (Å²) in [7, 11) is -3.29. The van der Waals surface area contributed by atoms with Crippen LogP contribution >= 0.6 is 0 Å². The molecule has 0 saturated carbocycles. The summed E-state index contributed by atoms with van der Waals surface area (Å²) < 4.78 is 23.3. The van der Waals surface area contributed by atoms with Gasteiger partial charge in [0.05, 0.1) is 22.2 Å². The van der Waals surface area contributed by atoms with E-state index >= 15 is 0 Å². The average molecular weight is 262 g/mol. The van der Waals surface area contributed by atoms with Gasteiger partial charge in [0.2, 0.25) is 0 Å². The Hall–Kier alpha value is -2.15. The van der Waals surface area contributed by atoms with Crippen LogP contribution in [-0.4, -0.2) is 34.8 Å². The Kier molecular flexibility index (Phi) is 2.24. The summed E-state index contributed by atoms with van der Waals surface area (Å²) in [6.45, 7) is 0. The van der Waals surface area contributed by atoms with Gasteiger partial charge in [0.1, 0.15) is 11.3 Å². The van der Waals surface area contributed by atoms with Crippen molar-refractivity contribution in [3.05, 3.63) is 30.6 Å². The molecule has 6 nitrogen and oxygen atoms in total. The normalized spacial score (nSPS) is 12.1. The van der Waals surface area contributed by atoms with Gasteiger partial charge in [-0.2, -0.15) is 5.10 Å². The standard InChI is InChI=1S/C11H10N4O2S/c1-18(16,17)9-4-2-3-8-10(9)15-11(14-8)7-5-12-13-6-7/h2-6H,1H3,(H,12,13)(H,14,15). The van der Waals surface area contributed by atoms with E-state index in [-0.39, 0.29) is 4.90 Å². The lowest BCUT2D eigenvalue weighted by atomic mass is 10.3.